The van der Waals surface area contributed by atoms with Crippen LogP contribution in [0, 0.1) is 12.7 Å². The molecule has 24 heavy (non-hydrogen) atoms. The number of rotatable bonds is 5. The summed E-state index contributed by atoms with van der Waals surface area (Å²) in [5.41, 5.74) is 1.64. The maximum Gasteiger partial charge on any atom is 0.245 e. The molecule has 0 atom stereocenters. The average molecular weight is 371 g/mol. The summed E-state index contributed by atoms with van der Waals surface area (Å²) in [4.78, 5) is 12.2. The molecular formula is C16H16ClFN2O3S. The van der Waals surface area contributed by atoms with Crippen molar-refractivity contribution in [2.24, 2.45) is 0 Å². The quantitative estimate of drug-likeness (QED) is 0.878. The molecule has 1 N–H and O–H groups in total. The zero-order valence-corrected chi connectivity index (χ0v) is 14.7. The molecule has 0 aromatic heterocycles. The standard InChI is InChI=1S/C16H16ClFN2O3S/c1-11-3-6-13(7-4-11)20(24(2,22)23)10-16(21)19-12-5-8-15(18)14(17)9-12/h3-9H,10H2,1-2H3,(H,19,21). The number of carbonyl (C=O) groups excluding carboxylic acids is 1. The van der Waals surface area contributed by atoms with Crippen molar-refractivity contribution in [3.63, 3.8) is 0 Å². The monoisotopic (exact) mass is 370 g/mol. The third-order valence-corrected chi connectivity index (χ3v) is 4.64. The number of nitrogens with zero attached hydrogens (tertiary/aromatic N) is 1. The van der Waals surface area contributed by atoms with E-state index in [0.717, 1.165) is 22.2 Å². The van der Waals surface area contributed by atoms with Gasteiger partial charge in [-0.3, -0.25) is 9.10 Å². The van der Waals surface area contributed by atoms with Crippen LogP contribution in [0.25, 0.3) is 0 Å². The molecule has 0 saturated heterocycles. The van der Waals surface area contributed by atoms with Crippen molar-refractivity contribution in [2.45, 2.75) is 6.92 Å². The number of benzene rings is 2. The van der Waals surface area contributed by atoms with E-state index in [1.54, 1.807) is 24.3 Å². The van der Waals surface area contributed by atoms with Gasteiger partial charge in [0.2, 0.25) is 15.9 Å². The Morgan fingerprint density at radius 3 is 2.38 bits per heavy atom. The predicted octanol–water partition coefficient (Wildman–Crippen LogP) is 3.19. The molecule has 0 spiro atoms. The molecule has 0 unspecified atom stereocenters. The van der Waals surface area contributed by atoms with E-state index in [0.29, 0.717) is 5.69 Å². The second-order valence-electron chi connectivity index (χ2n) is 5.28. The van der Waals surface area contributed by atoms with Crippen molar-refractivity contribution in [3.8, 4) is 0 Å². The zero-order valence-electron chi connectivity index (χ0n) is 13.1. The summed E-state index contributed by atoms with van der Waals surface area (Å²) in [6.07, 6.45) is 1.02. The Bertz CT molecular complexity index is 854. The Kier molecular flexibility index (Phi) is 5.46. The lowest BCUT2D eigenvalue weighted by Gasteiger charge is -2.22. The van der Waals surface area contributed by atoms with Gasteiger partial charge in [-0.05, 0) is 37.3 Å². The first-order chi connectivity index (χ1) is 11.2. The van der Waals surface area contributed by atoms with Crippen molar-refractivity contribution in [2.75, 3.05) is 22.4 Å². The minimum atomic E-state index is -3.65. The Morgan fingerprint density at radius 2 is 1.83 bits per heavy atom. The fourth-order valence-corrected chi connectivity index (χ4v) is 3.05. The number of aryl methyl sites for hydroxylation is 1. The van der Waals surface area contributed by atoms with Crippen LogP contribution in [-0.4, -0.2) is 27.1 Å². The smallest absolute Gasteiger partial charge is 0.245 e. The molecular weight excluding hydrogens is 355 g/mol. The van der Waals surface area contributed by atoms with Gasteiger partial charge in [0.05, 0.1) is 17.0 Å². The first-order valence-corrected chi connectivity index (χ1v) is 9.19. The van der Waals surface area contributed by atoms with Crippen LogP contribution in [0.3, 0.4) is 0 Å². The molecule has 5 nitrogen and oxygen atoms in total. The highest BCUT2D eigenvalue weighted by molar-refractivity contribution is 7.92. The van der Waals surface area contributed by atoms with E-state index in [1.807, 2.05) is 6.92 Å². The van der Waals surface area contributed by atoms with Gasteiger partial charge in [-0.2, -0.15) is 0 Å². The van der Waals surface area contributed by atoms with Crippen LogP contribution >= 0.6 is 11.6 Å². The molecule has 0 bridgehead atoms. The number of amides is 1. The summed E-state index contributed by atoms with van der Waals surface area (Å²) in [7, 11) is -3.65. The first-order valence-electron chi connectivity index (χ1n) is 6.96. The van der Waals surface area contributed by atoms with E-state index in [-0.39, 0.29) is 10.7 Å². The lowest BCUT2D eigenvalue weighted by Crippen LogP contribution is -2.37. The number of hydrogen-bond donors (Lipinski definition) is 1. The van der Waals surface area contributed by atoms with E-state index in [1.165, 1.54) is 12.1 Å². The van der Waals surface area contributed by atoms with Crippen LogP contribution in [0.15, 0.2) is 42.5 Å². The van der Waals surface area contributed by atoms with Gasteiger partial charge in [0.25, 0.3) is 0 Å². The fraction of sp³-hybridized carbons (Fsp3) is 0.188. The minimum absolute atomic E-state index is 0.133. The first kappa shape index (κ1) is 18.2. The molecule has 0 fully saturated rings. The van der Waals surface area contributed by atoms with Crippen molar-refractivity contribution in [3.05, 3.63) is 58.9 Å². The molecule has 128 valence electrons. The average Bonchev–Trinajstić information content (AvgIpc) is 2.49. The topological polar surface area (TPSA) is 66.5 Å². The molecule has 2 aromatic carbocycles. The van der Waals surface area contributed by atoms with Crippen LogP contribution in [0.4, 0.5) is 15.8 Å². The van der Waals surface area contributed by atoms with Crippen molar-refractivity contribution in [1.29, 1.82) is 0 Å². The molecule has 0 heterocycles. The summed E-state index contributed by atoms with van der Waals surface area (Å²) in [6, 6.07) is 10.5. The predicted molar refractivity (Wildman–Crippen MR) is 93.4 cm³/mol. The van der Waals surface area contributed by atoms with Crippen LogP contribution in [0.1, 0.15) is 5.56 Å². The summed E-state index contributed by atoms with van der Waals surface area (Å²) in [5, 5.41) is 2.36. The Morgan fingerprint density at radius 1 is 1.21 bits per heavy atom. The zero-order chi connectivity index (χ0) is 17.9. The summed E-state index contributed by atoms with van der Waals surface area (Å²) >= 11 is 5.65. The largest absolute Gasteiger partial charge is 0.324 e. The number of hydrogen-bond acceptors (Lipinski definition) is 3. The van der Waals surface area contributed by atoms with Crippen molar-refractivity contribution >= 4 is 38.9 Å². The second kappa shape index (κ2) is 7.19. The van der Waals surface area contributed by atoms with Gasteiger partial charge in [-0.25, -0.2) is 12.8 Å². The second-order valence-corrected chi connectivity index (χ2v) is 7.60. The number of anilines is 2. The van der Waals surface area contributed by atoms with Crippen molar-refractivity contribution < 1.29 is 17.6 Å². The molecule has 1 amide bonds. The van der Waals surface area contributed by atoms with Gasteiger partial charge in [-0.1, -0.05) is 29.3 Å². The highest BCUT2D eigenvalue weighted by Gasteiger charge is 2.21. The third-order valence-electron chi connectivity index (χ3n) is 3.21. The van der Waals surface area contributed by atoms with Crippen LogP contribution in [0.5, 0.6) is 0 Å². The highest BCUT2D eigenvalue weighted by Crippen LogP contribution is 2.21. The minimum Gasteiger partial charge on any atom is -0.324 e. The summed E-state index contributed by atoms with van der Waals surface area (Å²) in [6.45, 7) is 1.47. The molecule has 0 radical (unpaired) electrons. The molecule has 0 saturated carbocycles. The molecule has 0 aliphatic carbocycles. The van der Waals surface area contributed by atoms with E-state index >= 15 is 0 Å². The molecule has 2 aromatic rings. The molecule has 0 aliphatic rings. The van der Waals surface area contributed by atoms with Gasteiger partial charge in [0.15, 0.2) is 0 Å². The van der Waals surface area contributed by atoms with Gasteiger partial charge in [0, 0.05) is 5.69 Å². The van der Waals surface area contributed by atoms with Gasteiger partial charge in [0.1, 0.15) is 12.4 Å². The van der Waals surface area contributed by atoms with Crippen LogP contribution in [-0.2, 0) is 14.8 Å². The highest BCUT2D eigenvalue weighted by atomic mass is 35.5. The van der Waals surface area contributed by atoms with E-state index in [9.17, 15) is 17.6 Å². The maximum absolute atomic E-state index is 13.1. The molecule has 2 rings (SSSR count). The Hall–Kier alpha value is -2.12. The number of carbonyl (C=O) groups is 1. The van der Waals surface area contributed by atoms with Crippen molar-refractivity contribution in [1.82, 2.24) is 0 Å². The van der Waals surface area contributed by atoms with E-state index in [4.69, 9.17) is 11.6 Å². The molecule has 8 heteroatoms. The maximum atomic E-state index is 13.1. The van der Waals surface area contributed by atoms with Crippen LogP contribution in [0.2, 0.25) is 5.02 Å². The van der Waals surface area contributed by atoms with E-state index < -0.39 is 28.3 Å². The number of halogens is 2. The van der Waals surface area contributed by atoms with Gasteiger partial charge < -0.3 is 5.32 Å². The SMILES string of the molecule is Cc1ccc(N(CC(=O)Nc2ccc(F)c(Cl)c2)S(C)(=O)=O)cc1. The lowest BCUT2D eigenvalue weighted by atomic mass is 10.2. The fourth-order valence-electron chi connectivity index (χ4n) is 2.02. The summed E-state index contributed by atoms with van der Waals surface area (Å²) in [5.74, 6) is -1.17. The Labute approximate surface area is 145 Å². The Balaban J connectivity index is 2.18. The van der Waals surface area contributed by atoms with Crippen LogP contribution < -0.4 is 9.62 Å². The van der Waals surface area contributed by atoms with Gasteiger partial charge >= 0.3 is 0 Å². The normalized spacial score (nSPS) is 11.2. The molecule has 0 aliphatic heterocycles. The van der Waals surface area contributed by atoms with E-state index in [2.05, 4.69) is 5.32 Å². The number of sulfonamides is 1. The van der Waals surface area contributed by atoms with Gasteiger partial charge in [-0.15, -0.1) is 0 Å². The lowest BCUT2D eigenvalue weighted by molar-refractivity contribution is -0.114. The number of nitrogens with one attached hydrogen (secondary N) is 1. The summed E-state index contributed by atoms with van der Waals surface area (Å²) < 4.78 is 38.1. The third kappa shape index (κ3) is 4.69.